The smallest absolute Gasteiger partial charge is 0.122 e. The van der Waals surface area contributed by atoms with Gasteiger partial charge in [0.1, 0.15) is 5.82 Å². The molecule has 2 heterocycles. The van der Waals surface area contributed by atoms with Crippen LogP contribution in [-0.2, 0) is 26.6 Å². The minimum absolute atomic E-state index is 0.961. The third kappa shape index (κ3) is 4.43. The lowest BCUT2D eigenvalue weighted by Gasteiger charge is -2.21. The monoisotopic (exact) mass is 312 g/mol. The number of benzene rings is 1. The van der Waals surface area contributed by atoms with E-state index in [0.717, 1.165) is 45.0 Å². The van der Waals surface area contributed by atoms with E-state index in [2.05, 4.69) is 57.6 Å². The molecule has 0 radical (unpaired) electrons. The quantitative estimate of drug-likeness (QED) is 0.848. The molecule has 0 bridgehead atoms. The van der Waals surface area contributed by atoms with Crippen molar-refractivity contribution in [2.45, 2.75) is 32.9 Å². The molecule has 0 spiro atoms. The molecule has 3 rings (SSSR count). The summed E-state index contributed by atoms with van der Waals surface area (Å²) < 4.78 is 2.12. The molecule has 1 aliphatic rings. The molecule has 124 valence electrons. The van der Waals surface area contributed by atoms with Gasteiger partial charge in [-0.05, 0) is 37.1 Å². The molecule has 4 nitrogen and oxygen atoms in total. The lowest BCUT2D eigenvalue weighted by molar-refractivity contribution is 0.242. The van der Waals surface area contributed by atoms with Crippen molar-refractivity contribution in [1.29, 1.82) is 0 Å². The molecule has 4 heteroatoms. The fraction of sp³-hybridized carbons (Fsp3) is 0.526. The molecule has 0 amide bonds. The topological polar surface area (TPSA) is 24.3 Å². The van der Waals surface area contributed by atoms with Crippen molar-refractivity contribution in [2.24, 2.45) is 7.05 Å². The van der Waals surface area contributed by atoms with Crippen molar-refractivity contribution >= 4 is 0 Å². The molecular formula is C19H28N4. The van der Waals surface area contributed by atoms with Crippen LogP contribution in [0.4, 0.5) is 0 Å². The molecule has 0 unspecified atom stereocenters. The maximum Gasteiger partial charge on any atom is 0.122 e. The Morgan fingerprint density at radius 1 is 0.913 bits per heavy atom. The van der Waals surface area contributed by atoms with Crippen molar-refractivity contribution in [3.8, 4) is 0 Å². The first-order valence-corrected chi connectivity index (χ1v) is 8.73. The molecule has 23 heavy (non-hydrogen) atoms. The summed E-state index contributed by atoms with van der Waals surface area (Å²) in [4.78, 5) is 9.56. The van der Waals surface area contributed by atoms with Crippen LogP contribution in [0.15, 0.2) is 36.7 Å². The van der Waals surface area contributed by atoms with Crippen molar-refractivity contribution in [2.75, 3.05) is 26.2 Å². The fourth-order valence-electron chi connectivity index (χ4n) is 3.23. The predicted molar refractivity (Wildman–Crippen MR) is 94.2 cm³/mol. The predicted octanol–water partition coefficient (Wildman–Crippen LogP) is 2.69. The Kier molecular flexibility index (Phi) is 5.47. The average Bonchev–Trinajstić information content (AvgIpc) is 2.84. The molecule has 1 aromatic heterocycles. The standard InChI is InChI=1S/C19H28N4/c1-3-17-5-7-18(8-6-17)15-22-10-4-11-23(14-13-22)16-19-20-9-12-21(19)2/h5-9,12H,3-4,10-11,13-16H2,1-2H3. The third-order valence-electron chi connectivity index (χ3n) is 4.80. The van der Waals surface area contributed by atoms with Gasteiger partial charge >= 0.3 is 0 Å². The Labute approximate surface area is 139 Å². The Morgan fingerprint density at radius 2 is 1.57 bits per heavy atom. The second kappa shape index (κ2) is 7.75. The van der Waals surface area contributed by atoms with E-state index >= 15 is 0 Å². The Hall–Kier alpha value is -1.65. The largest absolute Gasteiger partial charge is 0.337 e. The zero-order valence-corrected chi connectivity index (χ0v) is 14.4. The highest BCUT2D eigenvalue weighted by Crippen LogP contribution is 2.12. The summed E-state index contributed by atoms with van der Waals surface area (Å²) in [5.41, 5.74) is 2.85. The number of hydrogen-bond donors (Lipinski definition) is 0. The Morgan fingerprint density at radius 3 is 2.17 bits per heavy atom. The number of nitrogens with zero attached hydrogens (tertiary/aromatic N) is 4. The number of aromatic nitrogens is 2. The number of aryl methyl sites for hydroxylation is 2. The molecule has 0 aliphatic carbocycles. The molecule has 1 aromatic carbocycles. The molecular weight excluding hydrogens is 284 g/mol. The summed E-state index contributed by atoms with van der Waals surface area (Å²) in [5.74, 6) is 1.16. The molecule has 0 atom stereocenters. The van der Waals surface area contributed by atoms with E-state index in [4.69, 9.17) is 0 Å². The number of hydrogen-bond acceptors (Lipinski definition) is 3. The summed E-state index contributed by atoms with van der Waals surface area (Å²) in [6.45, 7) is 8.85. The molecule has 1 saturated heterocycles. The summed E-state index contributed by atoms with van der Waals surface area (Å²) >= 11 is 0. The van der Waals surface area contributed by atoms with E-state index < -0.39 is 0 Å². The highest BCUT2D eigenvalue weighted by Gasteiger charge is 2.16. The zero-order chi connectivity index (χ0) is 16.1. The highest BCUT2D eigenvalue weighted by molar-refractivity contribution is 5.22. The van der Waals surface area contributed by atoms with Crippen LogP contribution in [0.1, 0.15) is 30.3 Å². The minimum atomic E-state index is 0.961. The van der Waals surface area contributed by atoms with E-state index in [-0.39, 0.29) is 0 Å². The molecule has 1 aliphatic heterocycles. The van der Waals surface area contributed by atoms with Gasteiger partial charge in [0.25, 0.3) is 0 Å². The first-order chi connectivity index (χ1) is 11.2. The van der Waals surface area contributed by atoms with E-state index in [9.17, 15) is 0 Å². The van der Waals surface area contributed by atoms with Gasteiger partial charge in [-0.3, -0.25) is 9.80 Å². The lowest BCUT2D eigenvalue weighted by atomic mass is 10.1. The number of rotatable bonds is 5. The number of imidazole rings is 1. The van der Waals surface area contributed by atoms with Gasteiger partial charge in [-0.15, -0.1) is 0 Å². The summed E-state index contributed by atoms with van der Waals surface area (Å²) in [6, 6.07) is 9.10. The van der Waals surface area contributed by atoms with Crippen LogP contribution in [0.2, 0.25) is 0 Å². The highest BCUT2D eigenvalue weighted by atomic mass is 15.2. The average molecular weight is 312 g/mol. The Balaban J connectivity index is 1.52. The van der Waals surface area contributed by atoms with Crippen molar-refractivity contribution in [3.63, 3.8) is 0 Å². The molecule has 0 saturated carbocycles. The molecule has 2 aromatic rings. The van der Waals surface area contributed by atoms with E-state index in [1.807, 2.05) is 12.4 Å². The van der Waals surface area contributed by atoms with Crippen LogP contribution < -0.4 is 0 Å². The van der Waals surface area contributed by atoms with Crippen molar-refractivity contribution < 1.29 is 0 Å². The maximum absolute atomic E-state index is 4.45. The zero-order valence-electron chi connectivity index (χ0n) is 14.4. The van der Waals surface area contributed by atoms with Crippen LogP contribution in [-0.4, -0.2) is 45.5 Å². The van der Waals surface area contributed by atoms with Crippen LogP contribution in [0, 0.1) is 0 Å². The maximum atomic E-state index is 4.45. The fourth-order valence-corrected chi connectivity index (χ4v) is 3.23. The second-order valence-corrected chi connectivity index (χ2v) is 6.53. The van der Waals surface area contributed by atoms with Gasteiger partial charge in [-0.2, -0.15) is 0 Å². The van der Waals surface area contributed by atoms with Gasteiger partial charge in [0.2, 0.25) is 0 Å². The first kappa shape index (κ1) is 16.2. The van der Waals surface area contributed by atoms with Gasteiger partial charge in [0.05, 0.1) is 6.54 Å². The van der Waals surface area contributed by atoms with Crippen LogP contribution >= 0.6 is 0 Å². The van der Waals surface area contributed by atoms with Gasteiger partial charge in [-0.25, -0.2) is 4.98 Å². The van der Waals surface area contributed by atoms with Gasteiger partial charge in [0.15, 0.2) is 0 Å². The molecule has 1 fully saturated rings. The van der Waals surface area contributed by atoms with Gasteiger partial charge in [-0.1, -0.05) is 31.2 Å². The van der Waals surface area contributed by atoms with E-state index in [1.165, 1.54) is 24.1 Å². The van der Waals surface area contributed by atoms with Crippen LogP contribution in [0.3, 0.4) is 0 Å². The Bertz CT molecular complexity index is 602. The van der Waals surface area contributed by atoms with Crippen molar-refractivity contribution in [1.82, 2.24) is 19.4 Å². The van der Waals surface area contributed by atoms with Gasteiger partial charge < -0.3 is 4.57 Å². The van der Waals surface area contributed by atoms with Crippen molar-refractivity contribution in [3.05, 3.63) is 53.6 Å². The van der Waals surface area contributed by atoms with E-state index in [1.54, 1.807) is 0 Å². The molecule has 0 N–H and O–H groups in total. The summed E-state index contributed by atoms with van der Waals surface area (Å²) in [7, 11) is 2.08. The summed E-state index contributed by atoms with van der Waals surface area (Å²) in [5, 5.41) is 0. The third-order valence-corrected chi connectivity index (χ3v) is 4.80. The van der Waals surface area contributed by atoms with Crippen LogP contribution in [0.5, 0.6) is 0 Å². The second-order valence-electron chi connectivity index (χ2n) is 6.53. The van der Waals surface area contributed by atoms with Crippen LogP contribution in [0.25, 0.3) is 0 Å². The van der Waals surface area contributed by atoms with Gasteiger partial charge in [0, 0.05) is 39.1 Å². The normalized spacial score (nSPS) is 17.3. The minimum Gasteiger partial charge on any atom is -0.337 e. The summed E-state index contributed by atoms with van der Waals surface area (Å²) in [6.07, 6.45) is 6.27. The van der Waals surface area contributed by atoms with E-state index in [0.29, 0.717) is 0 Å². The SMILES string of the molecule is CCc1ccc(CN2CCCN(Cc3nccn3C)CC2)cc1. The first-order valence-electron chi connectivity index (χ1n) is 8.73. The lowest BCUT2D eigenvalue weighted by Crippen LogP contribution is -2.31.